The van der Waals surface area contributed by atoms with Crippen molar-refractivity contribution in [3.63, 3.8) is 0 Å². The highest BCUT2D eigenvalue weighted by atomic mass is 35.5. The van der Waals surface area contributed by atoms with Crippen LogP contribution in [-0.4, -0.2) is 29.8 Å². The van der Waals surface area contributed by atoms with E-state index in [1.54, 1.807) is 32.2 Å². The van der Waals surface area contributed by atoms with Gasteiger partial charge < -0.3 is 10.2 Å². The Labute approximate surface area is 163 Å². The molecule has 0 aliphatic rings. The number of carbonyl (C=O) groups is 2. The second kappa shape index (κ2) is 9.41. The van der Waals surface area contributed by atoms with E-state index in [1.165, 1.54) is 11.0 Å². The average Bonchev–Trinajstić information content (AvgIpc) is 2.64. The van der Waals surface area contributed by atoms with Crippen LogP contribution in [0.3, 0.4) is 0 Å². The number of rotatable bonds is 6. The molecular weight excluding hydrogens is 371 g/mol. The number of nitrogens with zero attached hydrogens (tertiary/aromatic N) is 1. The Morgan fingerprint density at radius 3 is 2.50 bits per heavy atom. The fourth-order valence-corrected chi connectivity index (χ4v) is 2.77. The van der Waals surface area contributed by atoms with Gasteiger partial charge in [0.25, 0.3) is 0 Å². The van der Waals surface area contributed by atoms with Gasteiger partial charge in [0.1, 0.15) is 6.04 Å². The van der Waals surface area contributed by atoms with E-state index in [9.17, 15) is 9.59 Å². The maximum atomic E-state index is 12.5. The number of nitrogens with one attached hydrogen (secondary N) is 1. The third kappa shape index (κ3) is 5.61. The summed E-state index contributed by atoms with van der Waals surface area (Å²) >= 11 is 12.2. The molecule has 0 aliphatic heterocycles. The van der Waals surface area contributed by atoms with Gasteiger partial charge in [0.15, 0.2) is 0 Å². The largest absolute Gasteiger partial charge is 0.341 e. The third-order valence-corrected chi connectivity index (χ3v) is 4.63. The standard InChI is InChI=1S/C20H20Cl2N2O2/c1-14(23-18(25)12-11-15-7-4-3-5-8-15)20(26)24(2)13-16-9-6-10-17(21)19(16)22/h3-12,14H,13H2,1-2H3,(H,23,25)/b12-11+. The van der Waals surface area contributed by atoms with Gasteiger partial charge in [-0.25, -0.2) is 0 Å². The molecule has 2 rings (SSSR count). The molecule has 136 valence electrons. The number of carbonyl (C=O) groups excluding carboxylic acids is 2. The van der Waals surface area contributed by atoms with E-state index in [2.05, 4.69) is 5.32 Å². The fourth-order valence-electron chi connectivity index (χ4n) is 2.39. The fraction of sp³-hybridized carbons (Fsp3) is 0.200. The van der Waals surface area contributed by atoms with E-state index in [-0.39, 0.29) is 11.8 Å². The summed E-state index contributed by atoms with van der Waals surface area (Å²) in [6.45, 7) is 1.95. The highest BCUT2D eigenvalue weighted by Gasteiger charge is 2.19. The van der Waals surface area contributed by atoms with E-state index < -0.39 is 6.04 Å². The lowest BCUT2D eigenvalue weighted by molar-refractivity contribution is -0.134. The lowest BCUT2D eigenvalue weighted by atomic mass is 10.2. The van der Waals surface area contributed by atoms with Gasteiger partial charge >= 0.3 is 0 Å². The van der Waals surface area contributed by atoms with Crippen molar-refractivity contribution in [3.8, 4) is 0 Å². The van der Waals surface area contributed by atoms with Crippen LogP contribution in [-0.2, 0) is 16.1 Å². The zero-order valence-corrected chi connectivity index (χ0v) is 16.1. The van der Waals surface area contributed by atoms with Crippen LogP contribution in [0.1, 0.15) is 18.1 Å². The molecule has 0 aliphatic carbocycles. The summed E-state index contributed by atoms with van der Waals surface area (Å²) in [5.74, 6) is -0.550. The summed E-state index contributed by atoms with van der Waals surface area (Å²) in [5.41, 5.74) is 1.66. The summed E-state index contributed by atoms with van der Waals surface area (Å²) < 4.78 is 0. The van der Waals surface area contributed by atoms with Crippen LogP contribution < -0.4 is 5.32 Å². The normalized spacial score (nSPS) is 12.0. The number of amides is 2. The molecule has 0 aromatic heterocycles. The van der Waals surface area contributed by atoms with Crippen LogP contribution in [0, 0.1) is 0 Å². The van der Waals surface area contributed by atoms with Crippen molar-refractivity contribution in [3.05, 3.63) is 75.8 Å². The molecule has 0 fully saturated rings. The minimum Gasteiger partial charge on any atom is -0.341 e. The summed E-state index contributed by atoms with van der Waals surface area (Å²) in [6.07, 6.45) is 3.11. The average molecular weight is 391 g/mol. The minimum absolute atomic E-state index is 0.220. The van der Waals surface area contributed by atoms with Gasteiger partial charge in [-0.3, -0.25) is 9.59 Å². The number of hydrogen-bond acceptors (Lipinski definition) is 2. The van der Waals surface area contributed by atoms with Crippen LogP contribution in [0.4, 0.5) is 0 Å². The molecule has 0 heterocycles. The van der Waals surface area contributed by atoms with Crippen molar-refractivity contribution in [2.45, 2.75) is 19.5 Å². The number of hydrogen-bond donors (Lipinski definition) is 1. The molecule has 1 N–H and O–H groups in total. The second-order valence-corrected chi connectivity index (χ2v) is 6.67. The lowest BCUT2D eigenvalue weighted by Crippen LogP contribution is -2.44. The van der Waals surface area contributed by atoms with Crippen LogP contribution >= 0.6 is 23.2 Å². The molecule has 0 bridgehead atoms. The first-order chi connectivity index (χ1) is 12.4. The molecule has 4 nitrogen and oxygen atoms in total. The Morgan fingerprint density at radius 2 is 1.81 bits per heavy atom. The number of benzene rings is 2. The summed E-state index contributed by atoms with van der Waals surface area (Å²) in [4.78, 5) is 26.0. The SMILES string of the molecule is CC(NC(=O)/C=C/c1ccccc1)C(=O)N(C)Cc1cccc(Cl)c1Cl. The molecule has 2 aromatic carbocycles. The first-order valence-corrected chi connectivity index (χ1v) is 8.85. The van der Waals surface area contributed by atoms with E-state index in [1.807, 2.05) is 36.4 Å². The highest BCUT2D eigenvalue weighted by Crippen LogP contribution is 2.26. The molecule has 0 radical (unpaired) electrons. The Bertz CT molecular complexity index is 807. The Hall–Kier alpha value is -2.30. The van der Waals surface area contributed by atoms with Gasteiger partial charge in [0, 0.05) is 19.7 Å². The maximum Gasteiger partial charge on any atom is 0.244 e. The van der Waals surface area contributed by atoms with Crippen molar-refractivity contribution in [2.24, 2.45) is 0 Å². The minimum atomic E-state index is -0.661. The van der Waals surface area contributed by atoms with E-state index in [0.29, 0.717) is 16.6 Å². The molecular formula is C20H20Cl2N2O2. The molecule has 0 saturated heterocycles. The quantitative estimate of drug-likeness (QED) is 0.752. The lowest BCUT2D eigenvalue weighted by Gasteiger charge is -2.22. The predicted molar refractivity (Wildman–Crippen MR) is 106 cm³/mol. The zero-order chi connectivity index (χ0) is 19.1. The van der Waals surface area contributed by atoms with Crippen molar-refractivity contribution >= 4 is 41.1 Å². The van der Waals surface area contributed by atoms with Crippen LogP contribution in [0.2, 0.25) is 10.0 Å². The zero-order valence-electron chi connectivity index (χ0n) is 14.6. The van der Waals surface area contributed by atoms with Gasteiger partial charge in [-0.05, 0) is 30.2 Å². The Morgan fingerprint density at radius 1 is 1.12 bits per heavy atom. The van der Waals surface area contributed by atoms with E-state index >= 15 is 0 Å². The predicted octanol–water partition coefficient (Wildman–Crippen LogP) is 4.17. The molecule has 2 aromatic rings. The molecule has 2 amide bonds. The Kier molecular flexibility index (Phi) is 7.25. The third-order valence-electron chi connectivity index (χ3n) is 3.77. The Balaban J connectivity index is 1.92. The van der Waals surface area contributed by atoms with Crippen molar-refractivity contribution < 1.29 is 9.59 Å². The monoisotopic (exact) mass is 390 g/mol. The molecule has 1 atom stereocenters. The van der Waals surface area contributed by atoms with Gasteiger partial charge in [-0.1, -0.05) is 65.7 Å². The second-order valence-electron chi connectivity index (χ2n) is 5.88. The van der Waals surface area contributed by atoms with Crippen LogP contribution in [0.5, 0.6) is 0 Å². The highest BCUT2D eigenvalue weighted by molar-refractivity contribution is 6.42. The van der Waals surface area contributed by atoms with Gasteiger partial charge in [0.2, 0.25) is 11.8 Å². The van der Waals surface area contributed by atoms with Crippen LogP contribution in [0.25, 0.3) is 6.08 Å². The maximum absolute atomic E-state index is 12.5. The molecule has 0 saturated carbocycles. The van der Waals surface area contributed by atoms with Crippen LogP contribution in [0.15, 0.2) is 54.6 Å². The molecule has 0 spiro atoms. The topological polar surface area (TPSA) is 49.4 Å². The summed E-state index contributed by atoms with van der Waals surface area (Å²) in [7, 11) is 1.65. The first-order valence-electron chi connectivity index (χ1n) is 8.10. The van der Waals surface area contributed by atoms with Crippen molar-refractivity contribution in [2.75, 3.05) is 7.05 Å². The summed E-state index contributed by atoms with van der Waals surface area (Å²) in [5, 5.41) is 3.54. The van der Waals surface area contributed by atoms with Gasteiger partial charge in [0.05, 0.1) is 10.0 Å². The molecule has 1 unspecified atom stereocenters. The molecule has 6 heteroatoms. The number of likely N-dealkylation sites (N-methyl/N-ethyl adjacent to an activating group) is 1. The summed E-state index contributed by atoms with van der Waals surface area (Å²) in [6, 6.07) is 14.1. The molecule has 26 heavy (non-hydrogen) atoms. The van der Waals surface area contributed by atoms with Crippen molar-refractivity contribution in [1.82, 2.24) is 10.2 Å². The first kappa shape index (κ1) is 20.0. The van der Waals surface area contributed by atoms with E-state index in [4.69, 9.17) is 23.2 Å². The van der Waals surface area contributed by atoms with Gasteiger partial charge in [-0.2, -0.15) is 0 Å². The van der Waals surface area contributed by atoms with Gasteiger partial charge in [-0.15, -0.1) is 0 Å². The van der Waals surface area contributed by atoms with Crippen molar-refractivity contribution in [1.29, 1.82) is 0 Å². The smallest absolute Gasteiger partial charge is 0.244 e. The van der Waals surface area contributed by atoms with E-state index in [0.717, 1.165) is 11.1 Å². The number of halogens is 2.